The van der Waals surface area contributed by atoms with E-state index in [-0.39, 0.29) is 0 Å². The Bertz CT molecular complexity index is 1330. The molecule has 0 amide bonds. The lowest BCUT2D eigenvalue weighted by atomic mass is 9.98. The molecular formula is C28H23ClN2OS2. The van der Waals surface area contributed by atoms with E-state index in [0.29, 0.717) is 32.9 Å². The molecule has 1 unspecified atom stereocenters. The highest BCUT2D eigenvalue weighted by Gasteiger charge is 2.16. The van der Waals surface area contributed by atoms with Crippen LogP contribution in [0.2, 0.25) is 5.02 Å². The van der Waals surface area contributed by atoms with E-state index in [0.717, 1.165) is 33.5 Å². The van der Waals surface area contributed by atoms with Crippen LogP contribution in [0.25, 0.3) is 22.4 Å². The first-order chi connectivity index (χ1) is 16.5. The molecular weight excluding hydrogens is 480 g/mol. The number of pyridine rings is 1. The molecule has 0 aliphatic carbocycles. The van der Waals surface area contributed by atoms with Crippen LogP contribution < -0.4 is 0 Å². The van der Waals surface area contributed by atoms with Crippen LogP contribution in [0.3, 0.4) is 0 Å². The molecule has 6 heteroatoms. The summed E-state index contributed by atoms with van der Waals surface area (Å²) in [4.78, 5) is 4.83. The second kappa shape index (κ2) is 11.5. The molecule has 0 aliphatic rings. The highest BCUT2D eigenvalue weighted by Crippen LogP contribution is 2.34. The van der Waals surface area contributed by atoms with E-state index >= 15 is 0 Å². The van der Waals surface area contributed by atoms with Gasteiger partial charge in [0.05, 0.1) is 11.3 Å². The van der Waals surface area contributed by atoms with Crippen LogP contribution in [-0.4, -0.2) is 20.7 Å². The summed E-state index contributed by atoms with van der Waals surface area (Å²) in [6, 6.07) is 29.9. The second-order valence-electron chi connectivity index (χ2n) is 7.84. The third-order valence-electron chi connectivity index (χ3n) is 5.32. The Morgan fingerprint density at radius 2 is 1.68 bits per heavy atom. The number of benzene rings is 3. The third-order valence-corrected chi connectivity index (χ3v) is 8.12. The number of aryl methyl sites for hydroxylation is 1. The van der Waals surface area contributed by atoms with Crippen LogP contribution in [0, 0.1) is 18.3 Å². The Kier molecular flexibility index (Phi) is 8.18. The Labute approximate surface area is 212 Å². The number of rotatable bonds is 8. The molecule has 1 atom stereocenters. The van der Waals surface area contributed by atoms with Crippen LogP contribution >= 0.6 is 23.4 Å². The zero-order chi connectivity index (χ0) is 23.9. The predicted octanol–water partition coefficient (Wildman–Crippen LogP) is 7.29. The minimum absolute atomic E-state index is 0.481. The monoisotopic (exact) mass is 502 g/mol. The maximum atomic E-state index is 12.6. The van der Waals surface area contributed by atoms with Gasteiger partial charge >= 0.3 is 0 Å². The SMILES string of the molecule is Cc1ccc(-c2cc(-c3ccccc3)nc(SCCS(=O)Cc3ccc(Cl)cc3)c2C#N)cc1. The van der Waals surface area contributed by atoms with E-state index in [1.54, 1.807) is 0 Å². The summed E-state index contributed by atoms with van der Waals surface area (Å²) in [7, 11) is -1.02. The third kappa shape index (κ3) is 6.15. The number of nitriles is 1. The molecule has 0 saturated carbocycles. The number of thioether (sulfide) groups is 1. The van der Waals surface area contributed by atoms with Gasteiger partial charge in [0.25, 0.3) is 0 Å². The smallest absolute Gasteiger partial charge is 0.115 e. The minimum atomic E-state index is -1.02. The number of halogens is 1. The quantitative estimate of drug-likeness (QED) is 0.237. The van der Waals surface area contributed by atoms with Crippen molar-refractivity contribution in [3.05, 3.63) is 107 Å². The highest BCUT2D eigenvalue weighted by molar-refractivity contribution is 8.00. The molecule has 0 bridgehead atoms. The lowest BCUT2D eigenvalue weighted by Gasteiger charge is -2.13. The van der Waals surface area contributed by atoms with Gasteiger partial charge in [0.1, 0.15) is 11.1 Å². The van der Waals surface area contributed by atoms with Crippen LogP contribution in [0.5, 0.6) is 0 Å². The van der Waals surface area contributed by atoms with Gasteiger partial charge < -0.3 is 0 Å². The number of nitrogens with zero attached hydrogens (tertiary/aromatic N) is 2. The lowest BCUT2D eigenvalue weighted by Crippen LogP contribution is -2.04. The van der Waals surface area contributed by atoms with Gasteiger partial charge in [-0.25, -0.2) is 4.98 Å². The largest absolute Gasteiger partial charge is 0.259 e. The molecule has 0 N–H and O–H groups in total. The van der Waals surface area contributed by atoms with Gasteiger partial charge in [-0.3, -0.25) is 4.21 Å². The Morgan fingerprint density at radius 1 is 0.971 bits per heavy atom. The Balaban J connectivity index is 1.59. The molecule has 3 aromatic carbocycles. The average molecular weight is 503 g/mol. The molecule has 0 aliphatic heterocycles. The van der Waals surface area contributed by atoms with Crippen molar-refractivity contribution in [2.45, 2.75) is 17.7 Å². The van der Waals surface area contributed by atoms with Crippen molar-refractivity contribution < 1.29 is 4.21 Å². The van der Waals surface area contributed by atoms with Crippen molar-refractivity contribution in [1.29, 1.82) is 5.26 Å². The van der Waals surface area contributed by atoms with Gasteiger partial charge in [0, 0.05) is 44.2 Å². The molecule has 1 aromatic heterocycles. The van der Waals surface area contributed by atoms with Crippen molar-refractivity contribution in [2.24, 2.45) is 0 Å². The van der Waals surface area contributed by atoms with Gasteiger partial charge in [0.15, 0.2) is 0 Å². The fourth-order valence-electron chi connectivity index (χ4n) is 3.52. The van der Waals surface area contributed by atoms with Crippen molar-refractivity contribution in [2.75, 3.05) is 11.5 Å². The van der Waals surface area contributed by atoms with Gasteiger partial charge in [-0.2, -0.15) is 5.26 Å². The van der Waals surface area contributed by atoms with Crippen molar-refractivity contribution in [3.63, 3.8) is 0 Å². The summed E-state index contributed by atoms with van der Waals surface area (Å²) in [5.74, 6) is 1.59. The molecule has 0 radical (unpaired) electrons. The summed E-state index contributed by atoms with van der Waals surface area (Å²) in [6.07, 6.45) is 0. The molecule has 1 heterocycles. The van der Waals surface area contributed by atoms with Gasteiger partial charge in [-0.15, -0.1) is 11.8 Å². The fourth-order valence-corrected chi connectivity index (χ4v) is 6.09. The van der Waals surface area contributed by atoms with E-state index in [1.807, 2.05) is 91.9 Å². The molecule has 3 nitrogen and oxygen atoms in total. The zero-order valence-electron chi connectivity index (χ0n) is 18.7. The van der Waals surface area contributed by atoms with E-state index in [4.69, 9.17) is 16.6 Å². The van der Waals surface area contributed by atoms with Gasteiger partial charge in [-0.05, 0) is 36.2 Å². The Hall–Kier alpha value is -2.91. The maximum absolute atomic E-state index is 12.6. The maximum Gasteiger partial charge on any atom is 0.115 e. The first-order valence-corrected chi connectivity index (χ1v) is 13.7. The number of hydrogen-bond acceptors (Lipinski definition) is 4. The zero-order valence-corrected chi connectivity index (χ0v) is 21.1. The lowest BCUT2D eigenvalue weighted by molar-refractivity contribution is 0.683. The first-order valence-electron chi connectivity index (χ1n) is 10.8. The van der Waals surface area contributed by atoms with Crippen LogP contribution in [0.15, 0.2) is 90.0 Å². The van der Waals surface area contributed by atoms with Crippen LogP contribution in [0.1, 0.15) is 16.7 Å². The first kappa shape index (κ1) is 24.2. The van der Waals surface area contributed by atoms with Crippen molar-refractivity contribution >= 4 is 34.2 Å². The van der Waals surface area contributed by atoms with Crippen LogP contribution in [-0.2, 0) is 16.6 Å². The predicted molar refractivity (Wildman–Crippen MR) is 143 cm³/mol. The average Bonchev–Trinajstić information content (AvgIpc) is 2.86. The molecule has 0 spiro atoms. The molecule has 0 saturated heterocycles. The van der Waals surface area contributed by atoms with E-state index in [1.165, 1.54) is 11.8 Å². The second-order valence-corrected chi connectivity index (χ2v) is 10.9. The summed E-state index contributed by atoms with van der Waals surface area (Å²) in [5.41, 5.74) is 6.37. The summed E-state index contributed by atoms with van der Waals surface area (Å²) in [5, 5.41) is 11.4. The molecule has 4 aromatic rings. The Morgan fingerprint density at radius 3 is 2.35 bits per heavy atom. The molecule has 170 valence electrons. The number of hydrogen-bond donors (Lipinski definition) is 0. The van der Waals surface area contributed by atoms with E-state index in [2.05, 4.69) is 6.07 Å². The van der Waals surface area contributed by atoms with Gasteiger partial charge in [-0.1, -0.05) is 83.9 Å². The fraction of sp³-hybridized carbons (Fsp3) is 0.143. The minimum Gasteiger partial charge on any atom is -0.259 e. The van der Waals surface area contributed by atoms with E-state index < -0.39 is 10.8 Å². The standard InChI is InChI=1S/C28H23ClN2OS2/c1-20-7-11-22(12-8-20)25-17-27(23-5-3-2-4-6-23)31-28(26(25)18-30)33-15-16-34(32)19-21-9-13-24(29)14-10-21/h2-14,17H,15-16,19H2,1H3. The van der Waals surface area contributed by atoms with Gasteiger partial charge in [0.2, 0.25) is 0 Å². The highest BCUT2D eigenvalue weighted by atomic mass is 35.5. The van der Waals surface area contributed by atoms with E-state index in [9.17, 15) is 9.47 Å². The summed E-state index contributed by atoms with van der Waals surface area (Å²) >= 11 is 7.42. The topological polar surface area (TPSA) is 53.8 Å². The molecule has 4 rings (SSSR count). The van der Waals surface area contributed by atoms with Crippen molar-refractivity contribution in [1.82, 2.24) is 4.98 Å². The molecule has 34 heavy (non-hydrogen) atoms. The van der Waals surface area contributed by atoms with Crippen molar-refractivity contribution in [3.8, 4) is 28.5 Å². The normalized spacial score (nSPS) is 11.7. The summed E-state index contributed by atoms with van der Waals surface area (Å²) in [6.45, 7) is 2.04. The summed E-state index contributed by atoms with van der Waals surface area (Å²) < 4.78 is 12.6. The molecule has 0 fully saturated rings. The van der Waals surface area contributed by atoms with Crippen LogP contribution in [0.4, 0.5) is 0 Å². The number of aromatic nitrogens is 1.